The van der Waals surface area contributed by atoms with Crippen molar-refractivity contribution in [2.45, 2.75) is 6.92 Å². The number of nitrogens with zero attached hydrogens (tertiary/aromatic N) is 4. The molecule has 0 atom stereocenters. The Balaban J connectivity index is 1.87. The minimum atomic E-state index is -0.163. The van der Waals surface area contributed by atoms with E-state index in [0.29, 0.717) is 30.3 Å². The predicted octanol–water partition coefficient (Wildman–Crippen LogP) is 1.05. The van der Waals surface area contributed by atoms with Gasteiger partial charge in [-0.2, -0.15) is 4.68 Å². The van der Waals surface area contributed by atoms with Crippen LogP contribution in [0.5, 0.6) is 0 Å². The van der Waals surface area contributed by atoms with Gasteiger partial charge in [0.05, 0.1) is 18.9 Å². The molecule has 1 amide bonds. The van der Waals surface area contributed by atoms with Gasteiger partial charge in [-0.05, 0) is 28.8 Å². The van der Waals surface area contributed by atoms with Crippen molar-refractivity contribution in [3.05, 3.63) is 34.8 Å². The van der Waals surface area contributed by atoms with Gasteiger partial charge in [0.1, 0.15) is 11.2 Å². The molecule has 2 heterocycles. The number of rotatable bonds is 7. The van der Waals surface area contributed by atoms with Crippen molar-refractivity contribution in [2.24, 2.45) is 0 Å². The number of carbonyl (C=O) groups excluding carboxylic acids is 1. The van der Waals surface area contributed by atoms with Crippen LogP contribution in [0.15, 0.2) is 29.9 Å². The molecule has 0 radical (unpaired) electrons. The summed E-state index contributed by atoms with van der Waals surface area (Å²) < 4.78 is 6.78. The number of thiophene rings is 1. The number of hydrogen-bond donors (Lipinski definition) is 1. The summed E-state index contributed by atoms with van der Waals surface area (Å²) in [5.74, 6) is -0.163. The van der Waals surface area contributed by atoms with Crippen molar-refractivity contribution in [3.8, 4) is 5.69 Å². The summed E-state index contributed by atoms with van der Waals surface area (Å²) in [6.45, 7) is 7.02. The lowest BCUT2D eigenvalue weighted by atomic mass is 10.3. The third-order valence-electron chi connectivity index (χ3n) is 2.33. The minimum absolute atomic E-state index is 0.163. The largest absolute Gasteiger partial charge is 0.375 e. The number of hydrogen-bond acceptors (Lipinski definition) is 6. The predicted molar refractivity (Wildman–Crippen MR) is 75.0 cm³/mol. The van der Waals surface area contributed by atoms with Crippen LogP contribution in [0.4, 0.5) is 0 Å². The molecule has 0 aliphatic heterocycles. The first-order valence-corrected chi connectivity index (χ1v) is 6.87. The SMILES string of the molecule is C=C(C)COCCNC(=O)c1sccc1-n1cnnn1. The third-order valence-corrected chi connectivity index (χ3v) is 3.23. The van der Waals surface area contributed by atoms with Crippen molar-refractivity contribution < 1.29 is 9.53 Å². The maximum Gasteiger partial charge on any atom is 0.263 e. The topological polar surface area (TPSA) is 81.9 Å². The lowest BCUT2D eigenvalue weighted by Crippen LogP contribution is -2.27. The van der Waals surface area contributed by atoms with Crippen LogP contribution in [-0.2, 0) is 4.74 Å². The second kappa shape index (κ2) is 6.92. The minimum Gasteiger partial charge on any atom is -0.375 e. The molecular weight excluding hydrogens is 278 g/mol. The van der Waals surface area contributed by atoms with Crippen LogP contribution >= 0.6 is 11.3 Å². The number of carbonyl (C=O) groups is 1. The molecule has 7 nitrogen and oxygen atoms in total. The maximum atomic E-state index is 12.1. The van der Waals surface area contributed by atoms with Crippen molar-refractivity contribution >= 4 is 17.2 Å². The Kier molecular flexibility index (Phi) is 4.97. The summed E-state index contributed by atoms with van der Waals surface area (Å²) in [7, 11) is 0. The van der Waals surface area contributed by atoms with Crippen LogP contribution in [0.2, 0.25) is 0 Å². The van der Waals surface area contributed by atoms with Crippen molar-refractivity contribution in [1.82, 2.24) is 25.5 Å². The van der Waals surface area contributed by atoms with Crippen LogP contribution in [0.25, 0.3) is 5.69 Å². The van der Waals surface area contributed by atoms with Crippen LogP contribution < -0.4 is 5.32 Å². The molecule has 2 aromatic rings. The van der Waals surface area contributed by atoms with Gasteiger partial charge in [0, 0.05) is 6.54 Å². The first-order valence-electron chi connectivity index (χ1n) is 5.99. The molecule has 0 aliphatic carbocycles. The molecule has 20 heavy (non-hydrogen) atoms. The standard InChI is InChI=1S/C12H15N5O2S/c1-9(2)7-19-5-4-13-12(18)11-10(3-6-20-11)17-8-14-15-16-17/h3,6,8H,1,4-5,7H2,2H3,(H,13,18). The van der Waals surface area contributed by atoms with Gasteiger partial charge in [0.15, 0.2) is 0 Å². The Morgan fingerprint density at radius 1 is 1.60 bits per heavy atom. The van der Waals surface area contributed by atoms with Crippen molar-refractivity contribution in [1.29, 1.82) is 0 Å². The van der Waals surface area contributed by atoms with Gasteiger partial charge in [-0.3, -0.25) is 4.79 Å². The van der Waals surface area contributed by atoms with E-state index in [2.05, 4.69) is 27.4 Å². The number of ether oxygens (including phenoxy) is 1. The number of amides is 1. The van der Waals surface area contributed by atoms with E-state index in [0.717, 1.165) is 5.57 Å². The molecule has 0 unspecified atom stereocenters. The first kappa shape index (κ1) is 14.4. The normalized spacial score (nSPS) is 10.4. The first-order chi connectivity index (χ1) is 9.68. The van der Waals surface area contributed by atoms with Gasteiger partial charge < -0.3 is 10.1 Å². The van der Waals surface area contributed by atoms with Crippen molar-refractivity contribution in [3.63, 3.8) is 0 Å². The van der Waals surface area contributed by atoms with Gasteiger partial charge >= 0.3 is 0 Å². The Bertz CT molecular complexity index is 578. The fraction of sp³-hybridized carbons (Fsp3) is 0.333. The molecule has 0 fully saturated rings. The Morgan fingerprint density at radius 2 is 2.45 bits per heavy atom. The van der Waals surface area contributed by atoms with E-state index in [9.17, 15) is 4.79 Å². The fourth-order valence-corrected chi connectivity index (χ4v) is 2.28. The highest BCUT2D eigenvalue weighted by atomic mass is 32.1. The molecular formula is C12H15N5O2S. The van der Waals surface area contributed by atoms with Gasteiger partial charge in [-0.25, -0.2) is 0 Å². The molecule has 0 saturated carbocycles. The van der Waals surface area contributed by atoms with E-state index in [-0.39, 0.29) is 5.91 Å². The summed E-state index contributed by atoms with van der Waals surface area (Å²) in [6.07, 6.45) is 1.45. The molecule has 0 bridgehead atoms. The highest BCUT2D eigenvalue weighted by Gasteiger charge is 2.14. The average Bonchev–Trinajstić information content (AvgIpc) is 3.08. The van der Waals surface area contributed by atoms with Gasteiger partial charge in [-0.15, -0.1) is 16.4 Å². The van der Waals surface area contributed by atoms with Gasteiger partial charge in [-0.1, -0.05) is 12.2 Å². The summed E-state index contributed by atoms with van der Waals surface area (Å²) in [4.78, 5) is 12.6. The smallest absolute Gasteiger partial charge is 0.263 e. The van der Waals surface area contributed by atoms with E-state index in [1.165, 1.54) is 22.3 Å². The molecule has 2 rings (SSSR count). The van der Waals surface area contributed by atoms with E-state index in [1.54, 1.807) is 6.07 Å². The summed E-state index contributed by atoms with van der Waals surface area (Å²) in [6, 6.07) is 1.80. The average molecular weight is 293 g/mol. The molecule has 0 aliphatic rings. The summed E-state index contributed by atoms with van der Waals surface area (Å²) >= 11 is 1.34. The maximum absolute atomic E-state index is 12.1. The van der Waals surface area contributed by atoms with Crippen LogP contribution in [0.1, 0.15) is 16.6 Å². The number of nitrogens with one attached hydrogen (secondary N) is 1. The molecule has 0 aromatic carbocycles. The van der Waals surface area contributed by atoms with E-state index in [4.69, 9.17) is 4.74 Å². The van der Waals surface area contributed by atoms with Crippen molar-refractivity contribution in [2.75, 3.05) is 19.8 Å². The lowest BCUT2D eigenvalue weighted by Gasteiger charge is -2.06. The monoisotopic (exact) mass is 293 g/mol. The third kappa shape index (κ3) is 3.72. The zero-order valence-corrected chi connectivity index (χ0v) is 11.9. The highest BCUT2D eigenvalue weighted by molar-refractivity contribution is 7.12. The van der Waals surface area contributed by atoms with E-state index >= 15 is 0 Å². The van der Waals surface area contributed by atoms with Crippen LogP contribution in [0.3, 0.4) is 0 Å². The fourth-order valence-electron chi connectivity index (χ4n) is 1.49. The van der Waals surface area contributed by atoms with Gasteiger partial charge in [0.2, 0.25) is 0 Å². The van der Waals surface area contributed by atoms with Gasteiger partial charge in [0.25, 0.3) is 5.91 Å². The lowest BCUT2D eigenvalue weighted by molar-refractivity contribution is 0.0930. The number of aromatic nitrogens is 4. The summed E-state index contributed by atoms with van der Waals surface area (Å²) in [5, 5.41) is 15.5. The van der Waals surface area contributed by atoms with Crippen LogP contribution in [-0.4, -0.2) is 45.9 Å². The molecule has 8 heteroatoms. The molecule has 2 aromatic heterocycles. The molecule has 106 valence electrons. The molecule has 1 N–H and O–H groups in total. The second-order valence-electron chi connectivity index (χ2n) is 4.15. The Morgan fingerprint density at radius 3 is 3.15 bits per heavy atom. The quantitative estimate of drug-likeness (QED) is 0.609. The van der Waals surface area contributed by atoms with E-state index < -0.39 is 0 Å². The number of tetrazole rings is 1. The Labute approximate surface area is 120 Å². The Hall–Kier alpha value is -2.06. The molecule has 0 saturated heterocycles. The summed E-state index contributed by atoms with van der Waals surface area (Å²) in [5.41, 5.74) is 1.62. The second-order valence-corrected chi connectivity index (χ2v) is 5.07. The highest BCUT2D eigenvalue weighted by Crippen LogP contribution is 2.19. The van der Waals surface area contributed by atoms with E-state index in [1.807, 2.05) is 12.3 Å². The zero-order valence-electron chi connectivity index (χ0n) is 11.1. The molecule has 0 spiro atoms. The zero-order chi connectivity index (χ0) is 14.4. The van der Waals surface area contributed by atoms with Crippen LogP contribution in [0, 0.1) is 0 Å².